The van der Waals surface area contributed by atoms with Gasteiger partial charge in [-0.1, -0.05) is 31.4 Å². The van der Waals surface area contributed by atoms with E-state index in [4.69, 9.17) is 0 Å². The molecule has 3 aromatic rings. The Balaban J connectivity index is 1.48. The molecule has 10 heteroatoms. The maximum atomic E-state index is 14.8. The highest BCUT2D eigenvalue weighted by Crippen LogP contribution is 2.38. The molecule has 0 fully saturated rings. The van der Waals surface area contributed by atoms with Crippen LogP contribution in [0.5, 0.6) is 5.75 Å². The molecule has 1 aliphatic rings. The standard InChI is InChI=1S/C28H19F7N2O/c1-2-3-17-14-36-26(37-15-17)9-5-16-4-7-20(22(29)10-16)18-6-8-21(23(30)11-18)28(34,35)38-19-12-24(31)27(33)25(32)13-19/h4,6,8,10-15,20H,2-3,7H2,1H3. The fourth-order valence-corrected chi connectivity index (χ4v) is 3.79. The number of halogens is 7. The number of benzene rings is 2. The third-order valence-electron chi connectivity index (χ3n) is 5.67. The first-order chi connectivity index (χ1) is 18.1. The molecule has 0 spiro atoms. The number of hydrogen-bond donors (Lipinski definition) is 0. The van der Waals surface area contributed by atoms with Gasteiger partial charge in [-0.15, -0.1) is 0 Å². The van der Waals surface area contributed by atoms with Crippen LogP contribution in [0.3, 0.4) is 0 Å². The van der Waals surface area contributed by atoms with E-state index in [9.17, 15) is 30.7 Å². The summed E-state index contributed by atoms with van der Waals surface area (Å²) in [5.74, 6) is -3.64. The number of allylic oxidation sites excluding steroid dienone is 4. The summed E-state index contributed by atoms with van der Waals surface area (Å²) >= 11 is 0. The molecule has 2 aromatic carbocycles. The summed E-state index contributed by atoms with van der Waals surface area (Å²) in [4.78, 5) is 8.29. The van der Waals surface area contributed by atoms with Gasteiger partial charge in [0.05, 0.1) is 5.56 Å². The summed E-state index contributed by atoms with van der Waals surface area (Å²) in [5, 5.41) is 0. The van der Waals surface area contributed by atoms with Crippen LogP contribution in [0, 0.1) is 35.1 Å². The molecule has 1 aliphatic carbocycles. The van der Waals surface area contributed by atoms with Crippen molar-refractivity contribution >= 4 is 0 Å². The van der Waals surface area contributed by atoms with E-state index < -0.39 is 52.4 Å². The van der Waals surface area contributed by atoms with Gasteiger partial charge >= 0.3 is 6.11 Å². The van der Waals surface area contributed by atoms with Crippen LogP contribution in [0.4, 0.5) is 30.7 Å². The predicted octanol–water partition coefficient (Wildman–Crippen LogP) is 7.43. The monoisotopic (exact) mass is 532 g/mol. The zero-order valence-corrected chi connectivity index (χ0v) is 19.8. The topological polar surface area (TPSA) is 35.0 Å². The van der Waals surface area contributed by atoms with E-state index in [1.54, 1.807) is 18.5 Å². The normalized spacial score (nSPS) is 15.3. The summed E-state index contributed by atoms with van der Waals surface area (Å²) in [5.41, 5.74) is 0.159. The van der Waals surface area contributed by atoms with Gasteiger partial charge < -0.3 is 4.74 Å². The van der Waals surface area contributed by atoms with E-state index in [1.165, 1.54) is 0 Å². The number of alkyl halides is 2. The Labute approximate surface area is 213 Å². The number of aromatic nitrogens is 2. The lowest BCUT2D eigenvalue weighted by atomic mass is 9.88. The van der Waals surface area contributed by atoms with Crippen molar-refractivity contribution in [1.29, 1.82) is 0 Å². The second kappa shape index (κ2) is 11.1. The molecule has 1 unspecified atom stereocenters. The average Bonchev–Trinajstić information content (AvgIpc) is 2.86. The summed E-state index contributed by atoms with van der Waals surface area (Å²) in [6.07, 6.45) is 3.64. The molecule has 0 saturated heterocycles. The van der Waals surface area contributed by atoms with Gasteiger partial charge in [-0.2, -0.15) is 8.78 Å². The molecule has 3 nitrogen and oxygen atoms in total. The van der Waals surface area contributed by atoms with Crippen molar-refractivity contribution in [3.05, 3.63) is 112 Å². The minimum atomic E-state index is -4.36. The molecular formula is C28H19F7N2O. The first kappa shape index (κ1) is 26.9. The van der Waals surface area contributed by atoms with Gasteiger partial charge in [-0.25, -0.2) is 31.9 Å². The van der Waals surface area contributed by atoms with Crippen LogP contribution in [0.1, 0.15) is 48.2 Å². The first-order valence-electron chi connectivity index (χ1n) is 11.5. The number of hydrogen-bond acceptors (Lipinski definition) is 3. The van der Waals surface area contributed by atoms with Crippen molar-refractivity contribution in [2.45, 2.75) is 38.2 Å². The lowest BCUT2D eigenvalue weighted by Crippen LogP contribution is -2.24. The lowest BCUT2D eigenvalue weighted by molar-refractivity contribution is -0.187. The third-order valence-corrected chi connectivity index (χ3v) is 5.67. The molecule has 4 rings (SSSR count). The summed E-state index contributed by atoms with van der Waals surface area (Å²) in [7, 11) is 0. The molecule has 1 atom stereocenters. The van der Waals surface area contributed by atoms with Crippen molar-refractivity contribution in [3.63, 3.8) is 0 Å². The van der Waals surface area contributed by atoms with Gasteiger partial charge in [-0.05, 0) is 48.1 Å². The van der Waals surface area contributed by atoms with E-state index in [-0.39, 0.29) is 29.9 Å². The molecule has 0 aliphatic heterocycles. The first-order valence-corrected chi connectivity index (χ1v) is 11.5. The lowest BCUT2D eigenvalue weighted by Gasteiger charge is -2.21. The van der Waals surface area contributed by atoms with Gasteiger partial charge in [0.1, 0.15) is 17.4 Å². The number of nitrogens with zero attached hydrogens (tertiary/aromatic N) is 2. The van der Waals surface area contributed by atoms with E-state index in [0.717, 1.165) is 36.6 Å². The molecule has 0 saturated carbocycles. The van der Waals surface area contributed by atoms with Gasteiger partial charge in [0.25, 0.3) is 0 Å². The Morgan fingerprint density at radius 1 is 0.947 bits per heavy atom. The zero-order valence-electron chi connectivity index (χ0n) is 19.8. The van der Waals surface area contributed by atoms with Crippen LogP contribution in [-0.2, 0) is 12.5 Å². The quantitative estimate of drug-likeness (QED) is 0.188. The molecule has 0 bridgehead atoms. The SMILES string of the molecule is CCCc1cnc(C#CC2=CCC(c3ccc(C(F)(F)Oc4cc(F)c(F)c(F)c4)c(F)c3)C(F)=C2)nc1. The summed E-state index contributed by atoms with van der Waals surface area (Å²) in [6.45, 7) is 2.03. The molecule has 0 radical (unpaired) electrons. The number of ether oxygens (including phenoxy) is 1. The fraction of sp³-hybridized carbons (Fsp3) is 0.214. The van der Waals surface area contributed by atoms with Crippen LogP contribution >= 0.6 is 0 Å². The van der Waals surface area contributed by atoms with Crippen molar-refractivity contribution in [3.8, 4) is 17.6 Å². The molecule has 38 heavy (non-hydrogen) atoms. The van der Waals surface area contributed by atoms with Gasteiger partial charge in [0.2, 0.25) is 5.82 Å². The molecule has 0 N–H and O–H groups in total. The van der Waals surface area contributed by atoms with Gasteiger partial charge in [0, 0.05) is 36.0 Å². The van der Waals surface area contributed by atoms with E-state index in [0.29, 0.717) is 11.6 Å². The Bertz CT molecular complexity index is 1450. The summed E-state index contributed by atoms with van der Waals surface area (Å²) < 4.78 is 103. The minimum Gasteiger partial charge on any atom is -0.429 e. The summed E-state index contributed by atoms with van der Waals surface area (Å²) in [6, 6.07) is 2.93. The van der Waals surface area contributed by atoms with Crippen LogP contribution < -0.4 is 4.74 Å². The maximum Gasteiger partial charge on any atom is 0.429 e. The van der Waals surface area contributed by atoms with Crippen molar-refractivity contribution in [2.24, 2.45) is 0 Å². The molecular weight excluding hydrogens is 513 g/mol. The fourth-order valence-electron chi connectivity index (χ4n) is 3.79. The van der Waals surface area contributed by atoms with Crippen molar-refractivity contribution in [1.82, 2.24) is 9.97 Å². The molecule has 1 heterocycles. The Morgan fingerprint density at radius 2 is 1.63 bits per heavy atom. The average molecular weight is 532 g/mol. The Kier molecular flexibility index (Phi) is 7.86. The molecule has 196 valence electrons. The second-order valence-electron chi connectivity index (χ2n) is 8.45. The van der Waals surface area contributed by atoms with E-state index in [1.807, 2.05) is 6.92 Å². The highest BCUT2D eigenvalue weighted by Gasteiger charge is 2.38. The third kappa shape index (κ3) is 6.05. The minimum absolute atomic E-state index is 0.0766. The second-order valence-corrected chi connectivity index (χ2v) is 8.45. The van der Waals surface area contributed by atoms with Gasteiger partial charge in [0.15, 0.2) is 17.5 Å². The molecule has 1 aromatic heterocycles. The highest BCUT2D eigenvalue weighted by molar-refractivity contribution is 5.47. The zero-order chi connectivity index (χ0) is 27.4. The van der Waals surface area contributed by atoms with Crippen LogP contribution in [0.2, 0.25) is 0 Å². The number of rotatable bonds is 6. The Morgan fingerprint density at radius 3 is 2.24 bits per heavy atom. The van der Waals surface area contributed by atoms with Crippen molar-refractivity contribution in [2.75, 3.05) is 0 Å². The van der Waals surface area contributed by atoms with Crippen LogP contribution in [0.25, 0.3) is 0 Å². The Hall–Kier alpha value is -4.13. The predicted molar refractivity (Wildman–Crippen MR) is 125 cm³/mol. The maximum absolute atomic E-state index is 14.8. The van der Waals surface area contributed by atoms with Crippen LogP contribution in [0.15, 0.2) is 66.3 Å². The largest absolute Gasteiger partial charge is 0.429 e. The number of aryl methyl sites for hydroxylation is 1. The van der Waals surface area contributed by atoms with E-state index >= 15 is 0 Å². The van der Waals surface area contributed by atoms with E-state index in [2.05, 4.69) is 26.5 Å². The smallest absolute Gasteiger partial charge is 0.429 e. The van der Waals surface area contributed by atoms with Crippen molar-refractivity contribution < 1.29 is 35.5 Å². The highest BCUT2D eigenvalue weighted by atomic mass is 19.3. The van der Waals surface area contributed by atoms with Crippen LogP contribution in [-0.4, -0.2) is 9.97 Å². The molecule has 0 amide bonds. The van der Waals surface area contributed by atoms with Gasteiger partial charge in [-0.3, -0.25) is 0 Å².